The second kappa shape index (κ2) is 4.89. The summed E-state index contributed by atoms with van der Waals surface area (Å²) in [5, 5.41) is 10.1. The van der Waals surface area contributed by atoms with Crippen LogP contribution < -0.4 is 5.43 Å². The predicted octanol–water partition coefficient (Wildman–Crippen LogP) is 1.92. The topological polar surface area (TPSA) is 86.0 Å². The van der Waals surface area contributed by atoms with E-state index in [0.717, 1.165) is 0 Å². The summed E-state index contributed by atoms with van der Waals surface area (Å²) < 4.78 is 15.6. The maximum absolute atomic E-state index is 12.5. The zero-order chi connectivity index (χ0) is 15.1. The second-order valence-corrected chi connectivity index (χ2v) is 4.89. The van der Waals surface area contributed by atoms with E-state index < -0.39 is 5.97 Å². The van der Waals surface area contributed by atoms with E-state index in [9.17, 15) is 14.7 Å². The van der Waals surface area contributed by atoms with E-state index >= 15 is 0 Å². The molecule has 1 N–H and O–H groups in total. The Morgan fingerprint density at radius 1 is 1.38 bits per heavy atom. The van der Waals surface area contributed by atoms with Crippen LogP contribution >= 0.6 is 0 Å². The molecule has 0 saturated carbocycles. The molecule has 0 aliphatic heterocycles. The highest BCUT2D eigenvalue weighted by Crippen LogP contribution is 2.35. The minimum atomic E-state index is -0.606. The molecule has 3 rings (SSSR count). The SMILES string of the molecule is COC(=O)c1cc(O)c2c(=O)c3c(oc2c1)CC[C@@H]3OC. The van der Waals surface area contributed by atoms with Gasteiger partial charge in [0.1, 0.15) is 22.5 Å². The summed E-state index contributed by atoms with van der Waals surface area (Å²) in [6.07, 6.45) is 0.925. The molecule has 0 fully saturated rings. The van der Waals surface area contributed by atoms with Crippen molar-refractivity contribution >= 4 is 16.9 Å². The van der Waals surface area contributed by atoms with E-state index in [1.807, 2.05) is 0 Å². The van der Waals surface area contributed by atoms with Crippen molar-refractivity contribution < 1.29 is 23.8 Å². The highest BCUT2D eigenvalue weighted by Gasteiger charge is 2.30. The molecule has 1 atom stereocenters. The third-order valence-corrected chi connectivity index (χ3v) is 3.75. The highest BCUT2D eigenvalue weighted by molar-refractivity contribution is 5.96. The Labute approximate surface area is 119 Å². The smallest absolute Gasteiger partial charge is 0.338 e. The van der Waals surface area contributed by atoms with Gasteiger partial charge in [0, 0.05) is 13.5 Å². The molecule has 21 heavy (non-hydrogen) atoms. The fourth-order valence-electron chi connectivity index (χ4n) is 2.75. The lowest BCUT2D eigenvalue weighted by Crippen LogP contribution is -2.13. The molecule has 6 heteroatoms. The number of carbonyl (C=O) groups is 1. The van der Waals surface area contributed by atoms with Crippen LogP contribution in [0.2, 0.25) is 0 Å². The van der Waals surface area contributed by atoms with E-state index in [2.05, 4.69) is 4.74 Å². The lowest BCUT2D eigenvalue weighted by Gasteiger charge is -2.10. The zero-order valence-corrected chi connectivity index (χ0v) is 11.6. The van der Waals surface area contributed by atoms with Gasteiger partial charge in [-0.1, -0.05) is 0 Å². The van der Waals surface area contributed by atoms with Gasteiger partial charge in [-0.25, -0.2) is 4.79 Å². The molecule has 1 aromatic carbocycles. The van der Waals surface area contributed by atoms with Crippen LogP contribution in [0, 0.1) is 0 Å². The maximum Gasteiger partial charge on any atom is 0.338 e. The van der Waals surface area contributed by atoms with Gasteiger partial charge in [-0.3, -0.25) is 4.79 Å². The van der Waals surface area contributed by atoms with Gasteiger partial charge in [0.05, 0.1) is 24.3 Å². The van der Waals surface area contributed by atoms with E-state index in [1.54, 1.807) is 0 Å². The van der Waals surface area contributed by atoms with Crippen molar-refractivity contribution in [2.45, 2.75) is 18.9 Å². The number of carbonyl (C=O) groups excluding carboxylic acids is 1. The minimum Gasteiger partial charge on any atom is -0.507 e. The molecule has 6 nitrogen and oxygen atoms in total. The fourth-order valence-corrected chi connectivity index (χ4v) is 2.75. The number of rotatable bonds is 2. The normalized spacial score (nSPS) is 17.0. The lowest BCUT2D eigenvalue weighted by molar-refractivity contribution is 0.0600. The van der Waals surface area contributed by atoms with Crippen molar-refractivity contribution in [3.8, 4) is 5.75 Å². The standard InChI is InChI=1S/C15H14O6/c1-19-9-3-4-10-13(9)14(17)12-8(16)5-7(15(18)20-2)6-11(12)21-10/h5-6,9,16H,3-4H2,1-2H3/t9-/m0/s1. The fraction of sp³-hybridized carbons (Fsp3) is 0.333. The van der Waals surface area contributed by atoms with Crippen LogP contribution in [0.1, 0.15) is 34.2 Å². The number of esters is 1. The summed E-state index contributed by atoms with van der Waals surface area (Å²) in [5.41, 5.74) is 0.443. The molecule has 2 aromatic rings. The first-order valence-electron chi connectivity index (χ1n) is 6.50. The molecule has 0 amide bonds. The Hall–Kier alpha value is -2.34. The zero-order valence-electron chi connectivity index (χ0n) is 11.6. The average Bonchev–Trinajstić information content (AvgIpc) is 2.89. The number of phenols is 1. The molecule has 110 valence electrons. The molecular formula is C15H14O6. The van der Waals surface area contributed by atoms with Crippen molar-refractivity contribution in [3.05, 3.63) is 39.2 Å². The minimum absolute atomic E-state index is 0.0605. The number of fused-ring (bicyclic) bond motifs is 2. The Bertz CT molecular complexity index is 789. The van der Waals surface area contributed by atoms with Gasteiger partial charge in [-0.2, -0.15) is 0 Å². The maximum atomic E-state index is 12.5. The number of phenolic OH excluding ortho intramolecular Hbond substituents is 1. The number of aryl methyl sites for hydroxylation is 1. The average molecular weight is 290 g/mol. The number of benzene rings is 1. The number of aromatic hydroxyl groups is 1. The van der Waals surface area contributed by atoms with Crippen LogP contribution in [0.25, 0.3) is 11.0 Å². The third kappa shape index (κ3) is 1.99. The van der Waals surface area contributed by atoms with Gasteiger partial charge in [0.15, 0.2) is 0 Å². The summed E-state index contributed by atoms with van der Waals surface area (Å²) >= 11 is 0. The monoisotopic (exact) mass is 290 g/mol. The Morgan fingerprint density at radius 2 is 2.14 bits per heavy atom. The molecule has 1 aliphatic carbocycles. The Balaban J connectivity index is 2.31. The Kier molecular flexibility index (Phi) is 3.17. The van der Waals surface area contributed by atoms with Crippen molar-refractivity contribution in [2.24, 2.45) is 0 Å². The van der Waals surface area contributed by atoms with E-state index in [1.165, 1.54) is 26.4 Å². The van der Waals surface area contributed by atoms with Crippen LogP contribution in [-0.2, 0) is 15.9 Å². The van der Waals surface area contributed by atoms with Gasteiger partial charge in [0.2, 0.25) is 5.43 Å². The van der Waals surface area contributed by atoms with Crippen molar-refractivity contribution in [2.75, 3.05) is 14.2 Å². The van der Waals surface area contributed by atoms with Gasteiger partial charge in [-0.05, 0) is 18.6 Å². The van der Waals surface area contributed by atoms with Crippen molar-refractivity contribution in [1.29, 1.82) is 0 Å². The first kappa shape index (κ1) is 13.6. The molecule has 1 aromatic heterocycles. The third-order valence-electron chi connectivity index (χ3n) is 3.75. The molecule has 1 aliphatic rings. The number of hydrogen-bond donors (Lipinski definition) is 1. The summed E-state index contributed by atoms with van der Waals surface area (Å²) in [7, 11) is 2.77. The first-order chi connectivity index (χ1) is 10.1. The van der Waals surface area contributed by atoms with Crippen molar-refractivity contribution in [3.63, 3.8) is 0 Å². The first-order valence-corrected chi connectivity index (χ1v) is 6.50. The molecule has 0 spiro atoms. The summed E-state index contributed by atoms with van der Waals surface area (Å²) in [4.78, 5) is 24.1. The quantitative estimate of drug-likeness (QED) is 0.850. The van der Waals surface area contributed by atoms with Crippen LogP contribution in [0.15, 0.2) is 21.3 Å². The molecule has 0 bridgehead atoms. The second-order valence-electron chi connectivity index (χ2n) is 4.89. The number of methoxy groups -OCH3 is 2. The molecule has 0 radical (unpaired) electrons. The largest absolute Gasteiger partial charge is 0.507 e. The van der Waals surface area contributed by atoms with Gasteiger partial charge in [0.25, 0.3) is 0 Å². The lowest BCUT2D eigenvalue weighted by atomic mass is 10.1. The van der Waals surface area contributed by atoms with Gasteiger partial charge < -0.3 is 19.0 Å². The number of hydrogen-bond acceptors (Lipinski definition) is 6. The van der Waals surface area contributed by atoms with Crippen molar-refractivity contribution in [1.82, 2.24) is 0 Å². The highest BCUT2D eigenvalue weighted by atomic mass is 16.5. The summed E-state index contributed by atoms with van der Waals surface area (Å²) in [5.74, 6) is -0.364. The summed E-state index contributed by atoms with van der Waals surface area (Å²) in [6, 6.07) is 2.61. The number of ether oxygens (including phenoxy) is 2. The van der Waals surface area contributed by atoms with Crippen LogP contribution in [0.5, 0.6) is 5.75 Å². The van der Waals surface area contributed by atoms with E-state index in [0.29, 0.717) is 24.2 Å². The van der Waals surface area contributed by atoms with Crippen LogP contribution in [0.3, 0.4) is 0 Å². The molecule has 0 unspecified atom stereocenters. The molecular weight excluding hydrogens is 276 g/mol. The predicted molar refractivity (Wildman–Crippen MR) is 73.6 cm³/mol. The molecule has 1 heterocycles. The summed E-state index contributed by atoms with van der Waals surface area (Å²) in [6.45, 7) is 0. The van der Waals surface area contributed by atoms with Crippen LogP contribution in [0.4, 0.5) is 0 Å². The Morgan fingerprint density at radius 3 is 2.81 bits per heavy atom. The van der Waals surface area contributed by atoms with E-state index in [-0.39, 0.29) is 33.8 Å². The van der Waals surface area contributed by atoms with Gasteiger partial charge in [-0.15, -0.1) is 0 Å². The van der Waals surface area contributed by atoms with Gasteiger partial charge >= 0.3 is 5.97 Å². The van der Waals surface area contributed by atoms with Crippen LogP contribution in [-0.4, -0.2) is 25.3 Å². The van der Waals surface area contributed by atoms with E-state index in [4.69, 9.17) is 9.15 Å². The molecule has 0 saturated heterocycles.